The van der Waals surface area contributed by atoms with Crippen LogP contribution in [0, 0.1) is 0 Å². The van der Waals surface area contributed by atoms with Crippen molar-refractivity contribution in [2.45, 2.75) is 31.2 Å². The lowest BCUT2D eigenvalue weighted by molar-refractivity contribution is 0.0893. The van der Waals surface area contributed by atoms with Crippen molar-refractivity contribution in [3.63, 3.8) is 0 Å². The summed E-state index contributed by atoms with van der Waals surface area (Å²) in [5.74, 6) is -0.0765. The molecule has 1 aliphatic rings. The second-order valence-electron chi connectivity index (χ2n) is 4.49. The van der Waals surface area contributed by atoms with Gasteiger partial charge < -0.3 is 11.1 Å². The Kier molecular flexibility index (Phi) is 2.96. The molecule has 0 atom stereocenters. The van der Waals surface area contributed by atoms with E-state index in [2.05, 4.69) is 10.4 Å². The molecule has 16 heavy (non-hydrogen) atoms. The Balaban J connectivity index is 2.09. The van der Waals surface area contributed by atoms with Crippen molar-refractivity contribution < 1.29 is 4.79 Å². The van der Waals surface area contributed by atoms with Crippen LogP contribution in [0.15, 0.2) is 12.3 Å². The molecule has 2 rings (SSSR count). The van der Waals surface area contributed by atoms with Gasteiger partial charge in [-0.1, -0.05) is 12.8 Å². The Morgan fingerprint density at radius 3 is 2.81 bits per heavy atom. The van der Waals surface area contributed by atoms with Gasteiger partial charge in [0, 0.05) is 19.8 Å². The highest BCUT2D eigenvalue weighted by molar-refractivity contribution is 5.93. The molecule has 5 nitrogen and oxygen atoms in total. The van der Waals surface area contributed by atoms with Gasteiger partial charge in [-0.3, -0.25) is 9.48 Å². The number of hydrogen-bond donors (Lipinski definition) is 2. The quantitative estimate of drug-likeness (QED) is 0.778. The molecule has 0 bridgehead atoms. The molecule has 0 aliphatic heterocycles. The number of aryl methyl sites for hydroxylation is 1. The maximum Gasteiger partial charge on any atom is 0.270 e. The molecule has 1 fully saturated rings. The van der Waals surface area contributed by atoms with Crippen molar-refractivity contribution in [2.75, 3.05) is 6.54 Å². The molecule has 5 heteroatoms. The molecular formula is C11H18N4O. The Hall–Kier alpha value is -1.36. The van der Waals surface area contributed by atoms with Gasteiger partial charge >= 0.3 is 0 Å². The first kappa shape index (κ1) is 11.1. The minimum absolute atomic E-state index is 0.0765. The number of carbonyl (C=O) groups excluding carboxylic acids is 1. The minimum Gasteiger partial charge on any atom is -0.344 e. The average molecular weight is 222 g/mol. The van der Waals surface area contributed by atoms with E-state index in [1.807, 2.05) is 0 Å². The molecule has 1 aromatic heterocycles. The third-order valence-corrected chi connectivity index (χ3v) is 3.38. The smallest absolute Gasteiger partial charge is 0.270 e. The second-order valence-corrected chi connectivity index (χ2v) is 4.49. The number of carbonyl (C=O) groups is 1. The second kappa shape index (κ2) is 4.25. The zero-order valence-electron chi connectivity index (χ0n) is 9.57. The van der Waals surface area contributed by atoms with Gasteiger partial charge in [0.05, 0.1) is 5.54 Å². The lowest BCUT2D eigenvalue weighted by Gasteiger charge is -2.28. The zero-order chi connectivity index (χ0) is 11.6. The maximum absolute atomic E-state index is 12.0. The predicted molar refractivity (Wildman–Crippen MR) is 60.9 cm³/mol. The van der Waals surface area contributed by atoms with Crippen LogP contribution < -0.4 is 11.1 Å². The van der Waals surface area contributed by atoms with Crippen molar-refractivity contribution >= 4 is 5.91 Å². The summed E-state index contributed by atoms with van der Waals surface area (Å²) in [6.45, 7) is 0.511. The molecule has 0 aromatic carbocycles. The van der Waals surface area contributed by atoms with Crippen LogP contribution in [0.2, 0.25) is 0 Å². The molecule has 1 heterocycles. The highest BCUT2D eigenvalue weighted by Crippen LogP contribution is 2.28. The van der Waals surface area contributed by atoms with E-state index >= 15 is 0 Å². The first-order chi connectivity index (χ1) is 7.67. The molecule has 0 spiro atoms. The van der Waals surface area contributed by atoms with Crippen LogP contribution in [-0.2, 0) is 7.05 Å². The fourth-order valence-corrected chi connectivity index (χ4v) is 2.33. The van der Waals surface area contributed by atoms with Crippen molar-refractivity contribution in [1.29, 1.82) is 0 Å². The van der Waals surface area contributed by atoms with Gasteiger partial charge in [0.25, 0.3) is 5.91 Å². The minimum atomic E-state index is -0.193. The summed E-state index contributed by atoms with van der Waals surface area (Å²) >= 11 is 0. The third-order valence-electron chi connectivity index (χ3n) is 3.38. The fourth-order valence-electron chi connectivity index (χ4n) is 2.33. The SMILES string of the molecule is Cn1nccc1C(=O)NC1(CN)CCCC1. The van der Waals surface area contributed by atoms with E-state index in [1.54, 1.807) is 24.0 Å². The number of amides is 1. The first-order valence-corrected chi connectivity index (χ1v) is 5.67. The van der Waals surface area contributed by atoms with Crippen molar-refractivity contribution in [3.05, 3.63) is 18.0 Å². The lowest BCUT2D eigenvalue weighted by atomic mass is 9.97. The van der Waals surface area contributed by atoms with E-state index in [-0.39, 0.29) is 11.4 Å². The monoisotopic (exact) mass is 222 g/mol. The Morgan fingerprint density at radius 1 is 1.62 bits per heavy atom. The Labute approximate surface area is 95.0 Å². The summed E-state index contributed by atoms with van der Waals surface area (Å²) in [6, 6.07) is 1.72. The molecule has 0 unspecified atom stereocenters. The summed E-state index contributed by atoms with van der Waals surface area (Å²) in [7, 11) is 1.76. The topological polar surface area (TPSA) is 72.9 Å². The molecule has 1 aromatic rings. The summed E-state index contributed by atoms with van der Waals surface area (Å²) in [5.41, 5.74) is 6.16. The highest BCUT2D eigenvalue weighted by atomic mass is 16.2. The van der Waals surface area contributed by atoms with Crippen LogP contribution in [0.5, 0.6) is 0 Å². The van der Waals surface area contributed by atoms with Crippen LogP contribution in [-0.4, -0.2) is 27.8 Å². The van der Waals surface area contributed by atoms with Gasteiger partial charge in [-0.05, 0) is 18.9 Å². The normalized spacial score (nSPS) is 18.6. The summed E-state index contributed by atoms with van der Waals surface area (Å²) in [4.78, 5) is 12.0. The Morgan fingerprint density at radius 2 is 2.31 bits per heavy atom. The average Bonchev–Trinajstić information content (AvgIpc) is 2.87. The van der Waals surface area contributed by atoms with Gasteiger partial charge in [-0.25, -0.2) is 0 Å². The van der Waals surface area contributed by atoms with E-state index in [9.17, 15) is 4.79 Å². The number of rotatable bonds is 3. The largest absolute Gasteiger partial charge is 0.344 e. The van der Waals surface area contributed by atoms with E-state index in [1.165, 1.54) is 0 Å². The van der Waals surface area contributed by atoms with Crippen molar-refractivity contribution in [1.82, 2.24) is 15.1 Å². The molecule has 3 N–H and O–H groups in total. The molecule has 88 valence electrons. The van der Waals surface area contributed by atoms with Crippen LogP contribution in [0.1, 0.15) is 36.2 Å². The highest BCUT2D eigenvalue weighted by Gasteiger charge is 2.34. The van der Waals surface area contributed by atoms with E-state index in [4.69, 9.17) is 5.73 Å². The van der Waals surface area contributed by atoms with Crippen LogP contribution in [0.25, 0.3) is 0 Å². The van der Waals surface area contributed by atoms with Crippen molar-refractivity contribution in [2.24, 2.45) is 12.8 Å². The summed E-state index contributed by atoms with van der Waals surface area (Å²) in [5, 5.41) is 7.05. The Bertz CT molecular complexity index is 379. The fraction of sp³-hybridized carbons (Fsp3) is 0.636. The zero-order valence-corrected chi connectivity index (χ0v) is 9.57. The van der Waals surface area contributed by atoms with Crippen LogP contribution >= 0.6 is 0 Å². The van der Waals surface area contributed by atoms with E-state index in [0.717, 1.165) is 25.7 Å². The van der Waals surface area contributed by atoms with Gasteiger partial charge in [-0.15, -0.1) is 0 Å². The summed E-state index contributed by atoms with van der Waals surface area (Å²) in [6.07, 6.45) is 5.87. The number of nitrogens with two attached hydrogens (primary N) is 1. The summed E-state index contributed by atoms with van der Waals surface area (Å²) < 4.78 is 1.58. The molecule has 0 radical (unpaired) electrons. The first-order valence-electron chi connectivity index (χ1n) is 5.67. The van der Waals surface area contributed by atoms with Gasteiger partial charge in [0.15, 0.2) is 0 Å². The molecular weight excluding hydrogens is 204 g/mol. The third kappa shape index (κ3) is 1.95. The number of hydrogen-bond acceptors (Lipinski definition) is 3. The van der Waals surface area contributed by atoms with Gasteiger partial charge in [0.2, 0.25) is 0 Å². The lowest BCUT2D eigenvalue weighted by Crippen LogP contribution is -2.52. The molecule has 0 saturated heterocycles. The molecule has 1 amide bonds. The van der Waals surface area contributed by atoms with Crippen molar-refractivity contribution in [3.8, 4) is 0 Å². The van der Waals surface area contributed by atoms with Crippen LogP contribution in [0.3, 0.4) is 0 Å². The number of nitrogens with zero attached hydrogens (tertiary/aromatic N) is 2. The van der Waals surface area contributed by atoms with Gasteiger partial charge in [0.1, 0.15) is 5.69 Å². The standard InChI is InChI=1S/C11H18N4O/c1-15-9(4-7-13-15)10(16)14-11(8-12)5-2-3-6-11/h4,7H,2-3,5-6,8,12H2,1H3,(H,14,16). The van der Waals surface area contributed by atoms with E-state index < -0.39 is 0 Å². The predicted octanol–water partition coefficient (Wildman–Crippen LogP) is 0.421. The van der Waals surface area contributed by atoms with Gasteiger partial charge in [-0.2, -0.15) is 5.10 Å². The number of nitrogens with one attached hydrogen (secondary N) is 1. The number of aromatic nitrogens is 2. The molecule has 1 aliphatic carbocycles. The maximum atomic E-state index is 12.0. The van der Waals surface area contributed by atoms with E-state index in [0.29, 0.717) is 12.2 Å². The molecule has 1 saturated carbocycles. The van der Waals surface area contributed by atoms with Crippen LogP contribution in [0.4, 0.5) is 0 Å².